The molecule has 0 bridgehead atoms. The molecule has 0 amide bonds. The number of rotatable bonds is 4. The highest BCUT2D eigenvalue weighted by molar-refractivity contribution is 5.13. The number of halogens is 1. The van der Waals surface area contributed by atoms with Gasteiger partial charge in [-0.05, 0) is 37.6 Å². The van der Waals surface area contributed by atoms with Gasteiger partial charge in [0.15, 0.2) is 0 Å². The SMILES string of the molecule is CNCC(C)Cc1ccncc1F. The number of hydrogen-bond donors (Lipinski definition) is 1. The molecule has 13 heavy (non-hydrogen) atoms. The number of hydrogen-bond acceptors (Lipinski definition) is 2. The predicted molar refractivity (Wildman–Crippen MR) is 51.0 cm³/mol. The Labute approximate surface area is 78.2 Å². The molecule has 0 radical (unpaired) electrons. The summed E-state index contributed by atoms with van der Waals surface area (Å²) in [5.41, 5.74) is 0.748. The van der Waals surface area contributed by atoms with Crippen LogP contribution in [0.5, 0.6) is 0 Å². The minimum atomic E-state index is -0.203. The van der Waals surface area contributed by atoms with E-state index in [9.17, 15) is 4.39 Å². The predicted octanol–water partition coefficient (Wildman–Crippen LogP) is 1.62. The van der Waals surface area contributed by atoms with Gasteiger partial charge in [0.1, 0.15) is 5.82 Å². The Morgan fingerprint density at radius 3 is 3.00 bits per heavy atom. The van der Waals surface area contributed by atoms with Crippen LogP contribution >= 0.6 is 0 Å². The normalized spacial score (nSPS) is 12.8. The molecule has 1 rings (SSSR count). The van der Waals surface area contributed by atoms with Gasteiger partial charge in [-0.25, -0.2) is 4.39 Å². The Morgan fingerprint density at radius 2 is 2.38 bits per heavy atom. The van der Waals surface area contributed by atoms with Crippen molar-refractivity contribution >= 4 is 0 Å². The van der Waals surface area contributed by atoms with Gasteiger partial charge in [-0.1, -0.05) is 6.92 Å². The number of pyridine rings is 1. The maximum Gasteiger partial charge on any atom is 0.144 e. The van der Waals surface area contributed by atoms with Crippen molar-refractivity contribution in [3.05, 3.63) is 29.8 Å². The van der Waals surface area contributed by atoms with Crippen LogP contribution in [0, 0.1) is 11.7 Å². The average Bonchev–Trinajstić information content (AvgIpc) is 2.09. The molecule has 0 fully saturated rings. The maximum atomic E-state index is 13.1. The van der Waals surface area contributed by atoms with E-state index in [4.69, 9.17) is 0 Å². The van der Waals surface area contributed by atoms with Crippen LogP contribution < -0.4 is 5.32 Å². The van der Waals surface area contributed by atoms with Crippen LogP contribution in [-0.2, 0) is 6.42 Å². The second kappa shape index (κ2) is 4.92. The van der Waals surface area contributed by atoms with E-state index in [2.05, 4.69) is 17.2 Å². The van der Waals surface area contributed by atoms with E-state index >= 15 is 0 Å². The van der Waals surface area contributed by atoms with Crippen molar-refractivity contribution in [2.24, 2.45) is 5.92 Å². The van der Waals surface area contributed by atoms with Crippen LogP contribution in [0.3, 0.4) is 0 Å². The molecule has 0 aliphatic rings. The van der Waals surface area contributed by atoms with E-state index in [1.807, 2.05) is 7.05 Å². The second-order valence-corrected chi connectivity index (χ2v) is 3.33. The molecule has 0 aliphatic heterocycles. The maximum absolute atomic E-state index is 13.1. The van der Waals surface area contributed by atoms with E-state index in [0.717, 1.165) is 18.5 Å². The molecule has 72 valence electrons. The van der Waals surface area contributed by atoms with Crippen LogP contribution in [0.2, 0.25) is 0 Å². The number of nitrogens with one attached hydrogen (secondary N) is 1. The molecule has 0 aromatic carbocycles. The van der Waals surface area contributed by atoms with Gasteiger partial charge < -0.3 is 5.32 Å². The lowest BCUT2D eigenvalue weighted by Gasteiger charge is -2.10. The Bertz CT molecular complexity index is 263. The molecule has 1 aromatic heterocycles. The molecular weight excluding hydrogens is 167 g/mol. The molecule has 3 heteroatoms. The quantitative estimate of drug-likeness (QED) is 0.765. The van der Waals surface area contributed by atoms with Gasteiger partial charge in [-0.3, -0.25) is 4.98 Å². The first-order chi connectivity index (χ1) is 6.24. The Kier molecular flexibility index (Phi) is 3.83. The van der Waals surface area contributed by atoms with Crippen molar-refractivity contribution in [1.82, 2.24) is 10.3 Å². The summed E-state index contributed by atoms with van der Waals surface area (Å²) in [7, 11) is 1.90. The zero-order valence-corrected chi connectivity index (χ0v) is 8.05. The van der Waals surface area contributed by atoms with Crippen molar-refractivity contribution in [3.63, 3.8) is 0 Å². The van der Waals surface area contributed by atoms with Crippen molar-refractivity contribution in [2.75, 3.05) is 13.6 Å². The highest BCUT2D eigenvalue weighted by atomic mass is 19.1. The standard InChI is InChI=1S/C10H15FN2/c1-8(6-12-2)5-9-3-4-13-7-10(9)11/h3-4,7-8,12H,5-6H2,1-2H3. The highest BCUT2D eigenvalue weighted by Gasteiger charge is 2.06. The van der Waals surface area contributed by atoms with Gasteiger partial charge in [-0.2, -0.15) is 0 Å². The zero-order valence-electron chi connectivity index (χ0n) is 8.05. The van der Waals surface area contributed by atoms with E-state index in [-0.39, 0.29) is 5.82 Å². The number of nitrogens with zero attached hydrogens (tertiary/aromatic N) is 1. The average molecular weight is 182 g/mol. The minimum Gasteiger partial charge on any atom is -0.319 e. The van der Waals surface area contributed by atoms with Crippen molar-refractivity contribution in [3.8, 4) is 0 Å². The van der Waals surface area contributed by atoms with E-state index < -0.39 is 0 Å². The van der Waals surface area contributed by atoms with Gasteiger partial charge in [0.2, 0.25) is 0 Å². The van der Waals surface area contributed by atoms with Crippen molar-refractivity contribution in [2.45, 2.75) is 13.3 Å². The molecule has 1 N–H and O–H groups in total. The molecule has 2 nitrogen and oxygen atoms in total. The molecule has 0 spiro atoms. The lowest BCUT2D eigenvalue weighted by molar-refractivity contribution is 0.518. The summed E-state index contributed by atoms with van der Waals surface area (Å²) in [5, 5.41) is 3.07. The van der Waals surface area contributed by atoms with Crippen LogP contribution in [-0.4, -0.2) is 18.6 Å². The molecule has 1 atom stereocenters. The third-order valence-corrected chi connectivity index (χ3v) is 1.98. The van der Waals surface area contributed by atoms with Crippen LogP contribution in [0.15, 0.2) is 18.5 Å². The first-order valence-corrected chi connectivity index (χ1v) is 4.47. The van der Waals surface area contributed by atoms with Gasteiger partial charge in [0, 0.05) is 6.20 Å². The fraction of sp³-hybridized carbons (Fsp3) is 0.500. The van der Waals surface area contributed by atoms with Crippen LogP contribution in [0.4, 0.5) is 4.39 Å². The lowest BCUT2D eigenvalue weighted by atomic mass is 10.0. The van der Waals surface area contributed by atoms with Gasteiger partial charge >= 0.3 is 0 Å². The van der Waals surface area contributed by atoms with Gasteiger partial charge in [-0.15, -0.1) is 0 Å². The summed E-state index contributed by atoms with van der Waals surface area (Å²) < 4.78 is 13.1. The molecular formula is C10H15FN2. The van der Waals surface area contributed by atoms with Crippen LogP contribution in [0.25, 0.3) is 0 Å². The first-order valence-electron chi connectivity index (χ1n) is 4.47. The highest BCUT2D eigenvalue weighted by Crippen LogP contribution is 2.10. The van der Waals surface area contributed by atoms with Gasteiger partial charge in [0.05, 0.1) is 6.20 Å². The van der Waals surface area contributed by atoms with Gasteiger partial charge in [0.25, 0.3) is 0 Å². The van der Waals surface area contributed by atoms with Crippen molar-refractivity contribution < 1.29 is 4.39 Å². The molecule has 0 saturated heterocycles. The summed E-state index contributed by atoms with van der Waals surface area (Å²) in [6, 6.07) is 1.74. The Hall–Kier alpha value is -0.960. The van der Waals surface area contributed by atoms with Crippen molar-refractivity contribution in [1.29, 1.82) is 0 Å². The minimum absolute atomic E-state index is 0.203. The summed E-state index contributed by atoms with van der Waals surface area (Å²) >= 11 is 0. The number of aromatic nitrogens is 1. The first kappa shape index (κ1) is 10.1. The molecule has 1 unspecified atom stereocenters. The molecule has 1 aromatic rings. The third kappa shape index (κ3) is 3.11. The fourth-order valence-corrected chi connectivity index (χ4v) is 1.37. The Morgan fingerprint density at radius 1 is 1.62 bits per heavy atom. The summed E-state index contributed by atoms with van der Waals surface area (Å²) in [6.45, 7) is 3.00. The van der Waals surface area contributed by atoms with E-state index in [1.165, 1.54) is 6.20 Å². The smallest absolute Gasteiger partial charge is 0.144 e. The topological polar surface area (TPSA) is 24.9 Å². The Balaban J connectivity index is 2.58. The van der Waals surface area contributed by atoms with E-state index in [1.54, 1.807) is 12.3 Å². The monoisotopic (exact) mass is 182 g/mol. The molecule has 1 heterocycles. The molecule has 0 saturated carbocycles. The van der Waals surface area contributed by atoms with Crippen LogP contribution in [0.1, 0.15) is 12.5 Å². The fourth-order valence-electron chi connectivity index (χ4n) is 1.37. The van der Waals surface area contributed by atoms with E-state index in [0.29, 0.717) is 5.92 Å². The third-order valence-electron chi connectivity index (χ3n) is 1.98. The molecule has 0 aliphatic carbocycles. The second-order valence-electron chi connectivity index (χ2n) is 3.33. The summed E-state index contributed by atoms with van der Waals surface area (Å²) in [4.78, 5) is 3.71. The summed E-state index contributed by atoms with van der Waals surface area (Å²) in [5.74, 6) is 0.243. The summed E-state index contributed by atoms with van der Waals surface area (Å²) in [6.07, 6.45) is 3.65. The zero-order chi connectivity index (χ0) is 9.68. The lowest BCUT2D eigenvalue weighted by Crippen LogP contribution is -2.18. The largest absolute Gasteiger partial charge is 0.319 e.